The Morgan fingerprint density at radius 2 is 1.69 bits per heavy atom. The molecule has 0 spiro atoms. The van der Waals surface area contributed by atoms with Crippen LogP contribution in [0.5, 0.6) is 11.5 Å². The van der Waals surface area contributed by atoms with Gasteiger partial charge in [-0.1, -0.05) is 29.8 Å². The summed E-state index contributed by atoms with van der Waals surface area (Å²) in [6, 6.07) is 15.6. The molecule has 0 heterocycles. The molecule has 0 amide bonds. The molecule has 3 rings (SSSR count). The van der Waals surface area contributed by atoms with Crippen molar-refractivity contribution in [1.29, 1.82) is 0 Å². The first-order valence-corrected chi connectivity index (χ1v) is 8.73. The van der Waals surface area contributed by atoms with Gasteiger partial charge in [0.15, 0.2) is 0 Å². The molecule has 0 aromatic heterocycles. The molecular weight excluding hydrogens is 398 g/mol. The SMILES string of the molecule is Cc1ccccc1N=Cc1ccc(Oc2ccc([N+](=O)[O-])cc2[N+](=O)[O-])c(Cl)c1. The van der Waals surface area contributed by atoms with Crippen molar-refractivity contribution in [2.75, 3.05) is 0 Å². The minimum absolute atomic E-state index is 0.149. The molecule has 0 aliphatic carbocycles. The largest absolute Gasteiger partial charge is 0.449 e. The zero-order valence-electron chi connectivity index (χ0n) is 15.1. The highest BCUT2D eigenvalue weighted by Crippen LogP contribution is 2.37. The summed E-state index contributed by atoms with van der Waals surface area (Å²) >= 11 is 6.24. The second-order valence-corrected chi connectivity index (χ2v) is 6.41. The molecule has 3 aromatic carbocycles. The average molecular weight is 412 g/mol. The van der Waals surface area contributed by atoms with Gasteiger partial charge < -0.3 is 4.74 Å². The molecule has 0 aliphatic rings. The zero-order valence-corrected chi connectivity index (χ0v) is 15.9. The van der Waals surface area contributed by atoms with E-state index in [4.69, 9.17) is 16.3 Å². The summed E-state index contributed by atoms with van der Waals surface area (Å²) < 4.78 is 5.53. The second kappa shape index (κ2) is 8.49. The molecule has 0 aliphatic heterocycles. The van der Waals surface area contributed by atoms with Crippen LogP contribution in [0.3, 0.4) is 0 Å². The molecule has 29 heavy (non-hydrogen) atoms. The van der Waals surface area contributed by atoms with Crippen LogP contribution < -0.4 is 4.74 Å². The van der Waals surface area contributed by atoms with Gasteiger partial charge in [0.25, 0.3) is 5.69 Å². The number of para-hydroxylation sites is 1. The number of aliphatic imine (C=N–C) groups is 1. The van der Waals surface area contributed by atoms with Crippen LogP contribution in [0.1, 0.15) is 11.1 Å². The fraction of sp³-hybridized carbons (Fsp3) is 0.0500. The van der Waals surface area contributed by atoms with Crippen molar-refractivity contribution < 1.29 is 14.6 Å². The van der Waals surface area contributed by atoms with Crippen LogP contribution in [-0.4, -0.2) is 16.1 Å². The van der Waals surface area contributed by atoms with Gasteiger partial charge in [-0.25, -0.2) is 0 Å². The molecular formula is C20H14ClN3O5. The third-order valence-electron chi connectivity index (χ3n) is 3.99. The highest BCUT2D eigenvalue weighted by Gasteiger charge is 2.21. The number of benzene rings is 3. The zero-order chi connectivity index (χ0) is 21.0. The van der Waals surface area contributed by atoms with Gasteiger partial charge in [0, 0.05) is 12.3 Å². The molecule has 0 fully saturated rings. The summed E-state index contributed by atoms with van der Waals surface area (Å²) in [6.07, 6.45) is 1.65. The summed E-state index contributed by atoms with van der Waals surface area (Å²) in [4.78, 5) is 25.0. The van der Waals surface area contributed by atoms with Crippen molar-refractivity contribution in [2.24, 2.45) is 4.99 Å². The molecule has 3 aromatic rings. The van der Waals surface area contributed by atoms with E-state index in [1.807, 2.05) is 31.2 Å². The summed E-state index contributed by atoms with van der Waals surface area (Å²) in [5.41, 5.74) is 1.63. The van der Waals surface area contributed by atoms with Crippen molar-refractivity contribution in [2.45, 2.75) is 6.92 Å². The Balaban J connectivity index is 1.85. The number of rotatable bonds is 6. The Morgan fingerprint density at radius 1 is 0.966 bits per heavy atom. The van der Waals surface area contributed by atoms with Crippen LogP contribution in [0.2, 0.25) is 5.02 Å². The van der Waals surface area contributed by atoms with Crippen molar-refractivity contribution in [3.05, 3.63) is 97.0 Å². The predicted molar refractivity (Wildman–Crippen MR) is 110 cm³/mol. The van der Waals surface area contributed by atoms with Crippen LogP contribution >= 0.6 is 11.6 Å². The second-order valence-electron chi connectivity index (χ2n) is 6.00. The lowest BCUT2D eigenvalue weighted by Crippen LogP contribution is -1.96. The lowest BCUT2D eigenvalue weighted by Gasteiger charge is -2.08. The van der Waals surface area contributed by atoms with Gasteiger partial charge in [0.1, 0.15) is 5.75 Å². The first kappa shape index (κ1) is 20.0. The van der Waals surface area contributed by atoms with Gasteiger partial charge in [0.2, 0.25) is 5.75 Å². The monoisotopic (exact) mass is 411 g/mol. The Labute approximate surface area is 170 Å². The van der Waals surface area contributed by atoms with Gasteiger partial charge in [-0.3, -0.25) is 25.2 Å². The van der Waals surface area contributed by atoms with Gasteiger partial charge in [-0.2, -0.15) is 0 Å². The van der Waals surface area contributed by atoms with Crippen LogP contribution in [0.4, 0.5) is 17.1 Å². The number of nitrogens with zero attached hydrogens (tertiary/aromatic N) is 3. The van der Waals surface area contributed by atoms with Gasteiger partial charge >= 0.3 is 5.69 Å². The summed E-state index contributed by atoms with van der Waals surface area (Å²) in [7, 11) is 0. The molecule has 0 radical (unpaired) electrons. The number of non-ortho nitro benzene ring substituents is 1. The summed E-state index contributed by atoms with van der Waals surface area (Å²) in [5, 5.41) is 22.3. The molecule has 0 saturated heterocycles. The van der Waals surface area contributed by atoms with Crippen molar-refractivity contribution in [3.8, 4) is 11.5 Å². The third kappa shape index (κ3) is 4.74. The van der Waals surface area contributed by atoms with Gasteiger partial charge in [-0.05, 0) is 48.4 Å². The normalized spacial score (nSPS) is 10.8. The van der Waals surface area contributed by atoms with Crippen LogP contribution in [0.25, 0.3) is 0 Å². The summed E-state index contributed by atoms with van der Waals surface area (Å²) in [5.74, 6) is 0.0282. The number of ether oxygens (including phenoxy) is 1. The first-order valence-electron chi connectivity index (χ1n) is 8.35. The van der Waals surface area contributed by atoms with E-state index in [1.165, 1.54) is 6.07 Å². The van der Waals surface area contributed by atoms with Crippen LogP contribution in [0, 0.1) is 27.2 Å². The maximum atomic E-state index is 11.2. The Hall–Kier alpha value is -3.78. The van der Waals surface area contributed by atoms with E-state index < -0.39 is 21.2 Å². The number of hydrogen-bond acceptors (Lipinski definition) is 6. The van der Waals surface area contributed by atoms with E-state index in [-0.39, 0.29) is 16.5 Å². The van der Waals surface area contributed by atoms with E-state index in [0.29, 0.717) is 5.56 Å². The summed E-state index contributed by atoms with van der Waals surface area (Å²) in [6.45, 7) is 1.95. The Morgan fingerprint density at radius 3 is 2.34 bits per heavy atom. The van der Waals surface area contributed by atoms with Gasteiger partial charge in [-0.15, -0.1) is 0 Å². The van der Waals surface area contributed by atoms with E-state index in [9.17, 15) is 20.2 Å². The average Bonchev–Trinajstić information content (AvgIpc) is 2.69. The fourth-order valence-corrected chi connectivity index (χ4v) is 2.73. The molecule has 0 bridgehead atoms. The maximum Gasteiger partial charge on any atom is 0.318 e. The quantitative estimate of drug-likeness (QED) is 0.280. The van der Waals surface area contributed by atoms with E-state index in [0.717, 1.165) is 23.4 Å². The number of aryl methyl sites for hydroxylation is 1. The Bertz CT molecular complexity index is 1130. The van der Waals surface area contributed by atoms with Crippen molar-refractivity contribution >= 4 is 34.9 Å². The minimum Gasteiger partial charge on any atom is -0.449 e. The highest BCUT2D eigenvalue weighted by molar-refractivity contribution is 6.32. The van der Waals surface area contributed by atoms with Crippen LogP contribution in [-0.2, 0) is 0 Å². The van der Waals surface area contributed by atoms with E-state index in [1.54, 1.807) is 24.4 Å². The standard InChI is InChI=1S/C20H14ClN3O5/c1-13-4-2-3-5-17(13)22-12-14-6-8-19(16(21)10-14)29-20-9-7-15(23(25)26)11-18(20)24(27)28/h2-12H,1H3. The maximum absolute atomic E-state index is 11.2. The first-order chi connectivity index (χ1) is 13.8. The van der Waals surface area contributed by atoms with Crippen molar-refractivity contribution in [1.82, 2.24) is 0 Å². The number of nitro groups is 2. The minimum atomic E-state index is -0.751. The number of hydrogen-bond donors (Lipinski definition) is 0. The molecule has 8 nitrogen and oxygen atoms in total. The van der Waals surface area contributed by atoms with E-state index in [2.05, 4.69) is 4.99 Å². The highest BCUT2D eigenvalue weighted by atomic mass is 35.5. The predicted octanol–water partition coefficient (Wildman–Crippen LogP) is 6.01. The van der Waals surface area contributed by atoms with Crippen LogP contribution in [0.15, 0.2) is 65.7 Å². The molecule has 0 N–H and O–H groups in total. The molecule has 0 unspecified atom stereocenters. The smallest absolute Gasteiger partial charge is 0.318 e. The lowest BCUT2D eigenvalue weighted by molar-refractivity contribution is -0.394. The molecule has 0 atom stereocenters. The van der Waals surface area contributed by atoms with Crippen molar-refractivity contribution in [3.63, 3.8) is 0 Å². The number of halogens is 1. The molecule has 0 saturated carbocycles. The number of nitro benzene ring substituents is 2. The molecule has 146 valence electrons. The fourth-order valence-electron chi connectivity index (χ4n) is 2.50. The van der Waals surface area contributed by atoms with E-state index >= 15 is 0 Å². The van der Waals surface area contributed by atoms with Gasteiger partial charge in [0.05, 0.1) is 26.6 Å². The topological polar surface area (TPSA) is 108 Å². The molecule has 9 heteroatoms. The third-order valence-corrected chi connectivity index (χ3v) is 4.29. The lowest BCUT2D eigenvalue weighted by atomic mass is 10.2. The Kier molecular flexibility index (Phi) is 5.85.